The highest BCUT2D eigenvalue weighted by atomic mass is 16.5. The Morgan fingerprint density at radius 1 is 1.35 bits per heavy atom. The monoisotopic (exact) mass is 360 g/mol. The quantitative estimate of drug-likeness (QED) is 0.549. The van der Waals surface area contributed by atoms with Crippen LogP contribution in [0.2, 0.25) is 0 Å². The number of nitrogens with zero attached hydrogens (tertiary/aromatic N) is 2. The molecule has 3 unspecified atom stereocenters. The van der Waals surface area contributed by atoms with Gasteiger partial charge in [0.25, 0.3) is 0 Å². The third-order valence-corrected chi connectivity index (χ3v) is 4.90. The van der Waals surface area contributed by atoms with Crippen molar-refractivity contribution in [2.45, 2.75) is 51.0 Å². The number of guanidine groups is 1. The maximum Gasteiger partial charge on any atom is 0.191 e. The van der Waals surface area contributed by atoms with E-state index in [9.17, 15) is 0 Å². The van der Waals surface area contributed by atoms with E-state index in [4.69, 9.17) is 14.5 Å². The number of likely N-dealkylation sites (N-methyl/N-ethyl adjacent to an activating group) is 1. The summed E-state index contributed by atoms with van der Waals surface area (Å²) in [6, 6.07) is 8.57. The van der Waals surface area contributed by atoms with E-state index in [-0.39, 0.29) is 0 Å². The third kappa shape index (κ3) is 5.35. The van der Waals surface area contributed by atoms with Crippen molar-refractivity contribution in [1.29, 1.82) is 0 Å². The molecule has 0 saturated carbocycles. The van der Waals surface area contributed by atoms with Crippen LogP contribution in [-0.4, -0.2) is 62.9 Å². The van der Waals surface area contributed by atoms with Gasteiger partial charge in [0.05, 0.1) is 24.8 Å². The molecular formula is C20H32N4O2. The molecule has 0 radical (unpaired) electrons. The summed E-state index contributed by atoms with van der Waals surface area (Å²) in [5, 5.41) is 6.90. The van der Waals surface area contributed by atoms with Crippen LogP contribution in [0, 0.1) is 0 Å². The Hall–Kier alpha value is -1.79. The molecule has 2 saturated heterocycles. The van der Waals surface area contributed by atoms with E-state index in [2.05, 4.69) is 34.6 Å². The SMILES string of the molecule is CCNC(=NCc1cccc(OCCN(C)C)c1)NC1CC2CCC1O2. The van der Waals surface area contributed by atoms with Crippen LogP contribution in [0.3, 0.4) is 0 Å². The predicted molar refractivity (Wildman–Crippen MR) is 105 cm³/mol. The predicted octanol–water partition coefficient (Wildman–Crippen LogP) is 2.00. The van der Waals surface area contributed by atoms with Gasteiger partial charge in [-0.1, -0.05) is 12.1 Å². The molecule has 26 heavy (non-hydrogen) atoms. The number of hydrogen-bond donors (Lipinski definition) is 2. The van der Waals surface area contributed by atoms with Crippen LogP contribution in [0.1, 0.15) is 31.7 Å². The molecule has 2 N–H and O–H groups in total. The van der Waals surface area contributed by atoms with Crippen molar-refractivity contribution in [3.05, 3.63) is 29.8 Å². The van der Waals surface area contributed by atoms with Crippen molar-refractivity contribution in [1.82, 2.24) is 15.5 Å². The second-order valence-electron chi connectivity index (χ2n) is 7.35. The lowest BCUT2D eigenvalue weighted by Gasteiger charge is -2.22. The number of aliphatic imine (C=N–C) groups is 1. The summed E-state index contributed by atoms with van der Waals surface area (Å²) in [5.74, 6) is 1.77. The van der Waals surface area contributed by atoms with Crippen molar-refractivity contribution in [3.8, 4) is 5.75 Å². The fourth-order valence-corrected chi connectivity index (χ4v) is 3.54. The van der Waals surface area contributed by atoms with Crippen LogP contribution < -0.4 is 15.4 Å². The Morgan fingerprint density at radius 3 is 2.92 bits per heavy atom. The Morgan fingerprint density at radius 2 is 2.23 bits per heavy atom. The van der Waals surface area contributed by atoms with Gasteiger partial charge in [-0.15, -0.1) is 0 Å². The van der Waals surface area contributed by atoms with Crippen LogP contribution in [0.4, 0.5) is 0 Å². The van der Waals surface area contributed by atoms with Gasteiger partial charge in [-0.3, -0.25) is 0 Å². The minimum absolute atomic E-state index is 0.345. The molecular weight excluding hydrogens is 328 g/mol. The molecule has 2 bridgehead atoms. The summed E-state index contributed by atoms with van der Waals surface area (Å²) in [6.07, 6.45) is 4.24. The maximum atomic E-state index is 5.93. The number of fused-ring (bicyclic) bond motifs is 2. The zero-order valence-corrected chi connectivity index (χ0v) is 16.2. The zero-order valence-electron chi connectivity index (χ0n) is 16.2. The highest BCUT2D eigenvalue weighted by Gasteiger charge is 2.41. The van der Waals surface area contributed by atoms with Gasteiger partial charge in [0.15, 0.2) is 5.96 Å². The summed E-state index contributed by atoms with van der Waals surface area (Å²) in [4.78, 5) is 6.87. The first-order chi connectivity index (χ1) is 12.6. The summed E-state index contributed by atoms with van der Waals surface area (Å²) >= 11 is 0. The van der Waals surface area contributed by atoms with E-state index in [1.165, 1.54) is 6.42 Å². The summed E-state index contributed by atoms with van der Waals surface area (Å²) in [7, 11) is 4.09. The Balaban J connectivity index is 1.55. The number of nitrogens with one attached hydrogen (secondary N) is 2. The fraction of sp³-hybridized carbons (Fsp3) is 0.650. The molecule has 2 heterocycles. The lowest BCUT2D eigenvalue weighted by molar-refractivity contribution is 0.0992. The normalized spacial score (nSPS) is 24.9. The molecule has 1 aromatic carbocycles. The van der Waals surface area contributed by atoms with Crippen LogP contribution in [-0.2, 0) is 11.3 Å². The topological polar surface area (TPSA) is 58.1 Å². The third-order valence-electron chi connectivity index (χ3n) is 4.90. The molecule has 0 aromatic heterocycles. The smallest absolute Gasteiger partial charge is 0.191 e. The van der Waals surface area contributed by atoms with Gasteiger partial charge in [0.1, 0.15) is 12.4 Å². The second-order valence-corrected chi connectivity index (χ2v) is 7.35. The highest BCUT2D eigenvalue weighted by Crippen LogP contribution is 2.34. The second kappa shape index (κ2) is 9.24. The number of benzene rings is 1. The summed E-state index contributed by atoms with van der Waals surface area (Å²) in [5.41, 5.74) is 1.15. The van der Waals surface area contributed by atoms with E-state index in [0.29, 0.717) is 31.4 Å². The van der Waals surface area contributed by atoms with Gasteiger partial charge in [-0.2, -0.15) is 0 Å². The van der Waals surface area contributed by atoms with Gasteiger partial charge >= 0.3 is 0 Å². The van der Waals surface area contributed by atoms with Gasteiger partial charge < -0.3 is 25.0 Å². The average molecular weight is 361 g/mol. The molecule has 1 aromatic rings. The van der Waals surface area contributed by atoms with Crippen LogP contribution in [0.25, 0.3) is 0 Å². The summed E-state index contributed by atoms with van der Waals surface area (Å²) in [6.45, 7) is 5.16. The van der Waals surface area contributed by atoms with E-state index in [1.54, 1.807) is 0 Å². The van der Waals surface area contributed by atoms with Crippen LogP contribution in [0.5, 0.6) is 5.75 Å². The van der Waals surface area contributed by atoms with E-state index in [0.717, 1.165) is 43.2 Å². The zero-order chi connectivity index (χ0) is 18.4. The van der Waals surface area contributed by atoms with Crippen molar-refractivity contribution >= 4 is 5.96 Å². The molecule has 3 rings (SSSR count). The number of ether oxygens (including phenoxy) is 2. The number of hydrogen-bond acceptors (Lipinski definition) is 4. The summed E-state index contributed by atoms with van der Waals surface area (Å²) < 4.78 is 11.7. The van der Waals surface area contributed by atoms with Gasteiger partial charge in [0.2, 0.25) is 0 Å². The molecule has 6 heteroatoms. The molecule has 2 fully saturated rings. The molecule has 2 aliphatic heterocycles. The Bertz CT molecular complexity index is 605. The maximum absolute atomic E-state index is 5.93. The molecule has 6 nitrogen and oxygen atoms in total. The average Bonchev–Trinajstić information content (AvgIpc) is 3.23. The standard InChI is InChI=1S/C20H32N4O2/c1-4-21-20(23-18-13-17-8-9-19(18)26-17)22-14-15-6-5-7-16(12-15)25-11-10-24(2)3/h5-7,12,17-19H,4,8-11,13-14H2,1-3H3,(H2,21,22,23). The van der Waals surface area contributed by atoms with E-state index in [1.807, 2.05) is 26.2 Å². The van der Waals surface area contributed by atoms with E-state index < -0.39 is 0 Å². The first kappa shape index (κ1) is 19.0. The largest absolute Gasteiger partial charge is 0.492 e. The first-order valence-corrected chi connectivity index (χ1v) is 9.71. The molecule has 3 atom stereocenters. The van der Waals surface area contributed by atoms with Crippen molar-refractivity contribution in [2.24, 2.45) is 4.99 Å². The first-order valence-electron chi connectivity index (χ1n) is 9.71. The van der Waals surface area contributed by atoms with Crippen molar-refractivity contribution in [3.63, 3.8) is 0 Å². The molecule has 0 aliphatic carbocycles. The van der Waals surface area contributed by atoms with Crippen LogP contribution >= 0.6 is 0 Å². The lowest BCUT2D eigenvalue weighted by Crippen LogP contribution is -2.47. The molecule has 2 aliphatic rings. The van der Waals surface area contributed by atoms with Crippen LogP contribution in [0.15, 0.2) is 29.3 Å². The van der Waals surface area contributed by atoms with Crippen molar-refractivity contribution in [2.75, 3.05) is 33.8 Å². The fourth-order valence-electron chi connectivity index (χ4n) is 3.54. The van der Waals surface area contributed by atoms with E-state index >= 15 is 0 Å². The van der Waals surface area contributed by atoms with Gasteiger partial charge in [0, 0.05) is 13.1 Å². The Kier molecular flexibility index (Phi) is 6.74. The highest BCUT2D eigenvalue weighted by molar-refractivity contribution is 5.80. The molecule has 0 spiro atoms. The van der Waals surface area contributed by atoms with Gasteiger partial charge in [-0.05, 0) is 58.0 Å². The number of rotatable bonds is 8. The minimum Gasteiger partial charge on any atom is -0.492 e. The molecule has 144 valence electrons. The van der Waals surface area contributed by atoms with Gasteiger partial charge in [-0.25, -0.2) is 4.99 Å². The Labute approximate surface area is 157 Å². The molecule has 0 amide bonds. The lowest BCUT2D eigenvalue weighted by atomic mass is 9.96. The van der Waals surface area contributed by atoms with Crippen molar-refractivity contribution < 1.29 is 9.47 Å². The minimum atomic E-state index is 0.345.